The second-order valence-electron chi connectivity index (χ2n) is 7.17. The van der Waals surface area contributed by atoms with Crippen molar-refractivity contribution in [1.82, 2.24) is 10.2 Å². The van der Waals surface area contributed by atoms with Crippen LogP contribution in [0.3, 0.4) is 0 Å². The summed E-state index contributed by atoms with van der Waals surface area (Å²) in [7, 11) is 0. The van der Waals surface area contributed by atoms with Crippen molar-refractivity contribution in [1.29, 1.82) is 0 Å². The molecule has 1 N–H and O–H groups in total. The van der Waals surface area contributed by atoms with Gasteiger partial charge in [-0.15, -0.1) is 0 Å². The third-order valence-electron chi connectivity index (χ3n) is 4.99. The summed E-state index contributed by atoms with van der Waals surface area (Å²) in [5.41, 5.74) is 2.25. The number of aryl methyl sites for hydroxylation is 1. The molecule has 0 radical (unpaired) electrons. The Kier molecular flexibility index (Phi) is 7.48. The molecule has 0 heterocycles. The van der Waals surface area contributed by atoms with Crippen LogP contribution in [-0.4, -0.2) is 28.8 Å². The molecule has 138 valence electrons. The standard InChI is InChI=1S/C21H32N2O2/c1-4-9-20(24)23(15-17-11-8-10-16(3)14-17)19(5-2)21(25)22-18-12-6-7-13-18/h8,10-11,14,18-19H,4-7,9,12-13,15H2,1-3H3,(H,22,25). The summed E-state index contributed by atoms with van der Waals surface area (Å²) >= 11 is 0. The molecule has 2 amide bonds. The number of carbonyl (C=O) groups excluding carboxylic acids is 2. The fourth-order valence-corrected chi connectivity index (χ4v) is 3.65. The Labute approximate surface area is 152 Å². The first-order valence-corrected chi connectivity index (χ1v) is 9.70. The van der Waals surface area contributed by atoms with Crippen LogP contribution in [0.2, 0.25) is 0 Å². The van der Waals surface area contributed by atoms with Crippen LogP contribution >= 0.6 is 0 Å². The molecule has 1 fully saturated rings. The Morgan fingerprint density at radius 2 is 1.96 bits per heavy atom. The molecule has 1 aliphatic rings. The van der Waals surface area contributed by atoms with Gasteiger partial charge in [0.1, 0.15) is 6.04 Å². The number of nitrogens with one attached hydrogen (secondary N) is 1. The minimum absolute atomic E-state index is 0.00602. The van der Waals surface area contributed by atoms with Gasteiger partial charge < -0.3 is 10.2 Å². The van der Waals surface area contributed by atoms with E-state index in [1.807, 2.05) is 39.0 Å². The molecule has 4 nitrogen and oxygen atoms in total. The highest BCUT2D eigenvalue weighted by atomic mass is 16.2. The Morgan fingerprint density at radius 3 is 2.56 bits per heavy atom. The summed E-state index contributed by atoms with van der Waals surface area (Å²) in [4.78, 5) is 27.3. The van der Waals surface area contributed by atoms with Crippen LogP contribution in [0, 0.1) is 6.92 Å². The zero-order chi connectivity index (χ0) is 18.2. The van der Waals surface area contributed by atoms with Crippen LogP contribution in [0.25, 0.3) is 0 Å². The van der Waals surface area contributed by atoms with E-state index >= 15 is 0 Å². The highest BCUT2D eigenvalue weighted by Gasteiger charge is 2.30. The highest BCUT2D eigenvalue weighted by molar-refractivity contribution is 5.87. The minimum Gasteiger partial charge on any atom is -0.352 e. The van der Waals surface area contributed by atoms with Gasteiger partial charge in [0.15, 0.2) is 0 Å². The lowest BCUT2D eigenvalue weighted by molar-refractivity contribution is -0.141. The normalized spacial score (nSPS) is 15.8. The zero-order valence-electron chi connectivity index (χ0n) is 15.9. The van der Waals surface area contributed by atoms with Gasteiger partial charge in [-0.1, -0.05) is 56.5 Å². The van der Waals surface area contributed by atoms with E-state index in [1.54, 1.807) is 4.90 Å². The predicted molar refractivity (Wildman–Crippen MR) is 101 cm³/mol. The molecule has 0 bridgehead atoms. The molecule has 1 aliphatic carbocycles. The Balaban J connectivity index is 2.15. The average Bonchev–Trinajstić information content (AvgIpc) is 3.08. The zero-order valence-corrected chi connectivity index (χ0v) is 15.9. The molecule has 2 rings (SSSR count). The number of benzene rings is 1. The van der Waals surface area contributed by atoms with Gasteiger partial charge >= 0.3 is 0 Å². The van der Waals surface area contributed by atoms with Gasteiger partial charge in [0.25, 0.3) is 0 Å². The molecule has 1 unspecified atom stereocenters. The van der Waals surface area contributed by atoms with Crippen LogP contribution < -0.4 is 5.32 Å². The van der Waals surface area contributed by atoms with Crippen LogP contribution in [-0.2, 0) is 16.1 Å². The van der Waals surface area contributed by atoms with E-state index in [2.05, 4.69) is 11.4 Å². The molecule has 0 aromatic heterocycles. The van der Waals surface area contributed by atoms with Gasteiger partial charge in [0, 0.05) is 19.0 Å². The second kappa shape index (κ2) is 9.59. The van der Waals surface area contributed by atoms with Gasteiger partial charge in [0.2, 0.25) is 11.8 Å². The second-order valence-corrected chi connectivity index (χ2v) is 7.17. The van der Waals surface area contributed by atoms with E-state index in [0.717, 1.165) is 24.8 Å². The average molecular weight is 344 g/mol. The molecule has 1 aromatic rings. The number of hydrogen-bond donors (Lipinski definition) is 1. The van der Waals surface area contributed by atoms with Crippen molar-refractivity contribution in [2.45, 2.75) is 84.3 Å². The number of hydrogen-bond acceptors (Lipinski definition) is 2. The number of carbonyl (C=O) groups is 2. The largest absolute Gasteiger partial charge is 0.352 e. The van der Waals surface area contributed by atoms with Crippen molar-refractivity contribution < 1.29 is 9.59 Å². The van der Waals surface area contributed by atoms with E-state index in [-0.39, 0.29) is 23.9 Å². The first-order valence-electron chi connectivity index (χ1n) is 9.70. The minimum atomic E-state index is -0.389. The van der Waals surface area contributed by atoms with E-state index in [0.29, 0.717) is 19.4 Å². The maximum atomic E-state index is 12.8. The van der Waals surface area contributed by atoms with Crippen molar-refractivity contribution in [3.63, 3.8) is 0 Å². The summed E-state index contributed by atoms with van der Waals surface area (Å²) in [6, 6.07) is 8.07. The lowest BCUT2D eigenvalue weighted by Gasteiger charge is -2.31. The Hall–Kier alpha value is -1.84. The fourth-order valence-electron chi connectivity index (χ4n) is 3.65. The highest BCUT2D eigenvalue weighted by Crippen LogP contribution is 2.20. The fraction of sp³-hybridized carbons (Fsp3) is 0.619. The van der Waals surface area contributed by atoms with Gasteiger partial charge in [0.05, 0.1) is 0 Å². The van der Waals surface area contributed by atoms with E-state index in [4.69, 9.17) is 0 Å². The molecular weight excluding hydrogens is 312 g/mol. The predicted octanol–water partition coefficient (Wildman–Crippen LogP) is 3.96. The van der Waals surface area contributed by atoms with Crippen molar-refractivity contribution >= 4 is 11.8 Å². The van der Waals surface area contributed by atoms with Gasteiger partial charge in [-0.2, -0.15) is 0 Å². The van der Waals surface area contributed by atoms with Crippen molar-refractivity contribution in [2.75, 3.05) is 0 Å². The molecule has 1 aromatic carbocycles. The smallest absolute Gasteiger partial charge is 0.243 e. The molecule has 0 saturated heterocycles. The van der Waals surface area contributed by atoms with Crippen LogP contribution in [0.4, 0.5) is 0 Å². The van der Waals surface area contributed by atoms with Crippen LogP contribution in [0.5, 0.6) is 0 Å². The Bertz CT molecular complexity index is 579. The van der Waals surface area contributed by atoms with Crippen molar-refractivity contribution in [3.8, 4) is 0 Å². The molecule has 1 saturated carbocycles. The molecule has 25 heavy (non-hydrogen) atoms. The monoisotopic (exact) mass is 344 g/mol. The molecule has 1 atom stereocenters. The summed E-state index contributed by atoms with van der Waals surface area (Å²) in [5.74, 6) is 0.0731. The summed E-state index contributed by atoms with van der Waals surface area (Å²) in [5, 5.41) is 3.17. The lowest BCUT2D eigenvalue weighted by atomic mass is 10.1. The SMILES string of the molecule is CCCC(=O)N(Cc1cccc(C)c1)C(CC)C(=O)NC1CCCC1. The first kappa shape index (κ1) is 19.5. The molecule has 0 spiro atoms. The number of nitrogens with zero attached hydrogens (tertiary/aromatic N) is 1. The van der Waals surface area contributed by atoms with E-state index < -0.39 is 0 Å². The van der Waals surface area contributed by atoms with Gasteiger partial charge in [-0.3, -0.25) is 9.59 Å². The third kappa shape index (κ3) is 5.58. The lowest BCUT2D eigenvalue weighted by Crippen LogP contribution is -2.50. The van der Waals surface area contributed by atoms with Crippen LogP contribution in [0.1, 0.15) is 69.9 Å². The molecular formula is C21H32N2O2. The topological polar surface area (TPSA) is 49.4 Å². The quantitative estimate of drug-likeness (QED) is 0.776. The van der Waals surface area contributed by atoms with E-state index in [1.165, 1.54) is 18.4 Å². The summed E-state index contributed by atoms with van der Waals surface area (Å²) in [6.45, 7) is 6.53. The maximum absolute atomic E-state index is 12.8. The summed E-state index contributed by atoms with van der Waals surface area (Å²) in [6.07, 6.45) is 6.40. The maximum Gasteiger partial charge on any atom is 0.243 e. The number of amides is 2. The van der Waals surface area contributed by atoms with Crippen molar-refractivity contribution in [2.24, 2.45) is 0 Å². The molecule has 0 aliphatic heterocycles. The van der Waals surface area contributed by atoms with Gasteiger partial charge in [-0.05, 0) is 38.2 Å². The summed E-state index contributed by atoms with van der Waals surface area (Å²) < 4.78 is 0. The Morgan fingerprint density at radius 1 is 1.24 bits per heavy atom. The first-order chi connectivity index (χ1) is 12.0. The van der Waals surface area contributed by atoms with Gasteiger partial charge in [-0.25, -0.2) is 0 Å². The number of rotatable bonds is 8. The molecule has 4 heteroatoms. The van der Waals surface area contributed by atoms with E-state index in [9.17, 15) is 9.59 Å². The van der Waals surface area contributed by atoms with Crippen LogP contribution in [0.15, 0.2) is 24.3 Å². The van der Waals surface area contributed by atoms with Crippen molar-refractivity contribution in [3.05, 3.63) is 35.4 Å². The third-order valence-corrected chi connectivity index (χ3v) is 4.99.